The molecule has 1 fully saturated rings. The zero-order chi connectivity index (χ0) is 28.3. The van der Waals surface area contributed by atoms with Gasteiger partial charge in [-0.2, -0.15) is 0 Å². The van der Waals surface area contributed by atoms with E-state index in [4.69, 9.17) is 5.73 Å². The van der Waals surface area contributed by atoms with Crippen LogP contribution in [0.3, 0.4) is 0 Å². The summed E-state index contributed by atoms with van der Waals surface area (Å²) in [6, 6.07) is -5.21. The van der Waals surface area contributed by atoms with Crippen molar-refractivity contribution in [1.29, 1.82) is 0 Å². The molecule has 15 nitrogen and oxygen atoms in total. The van der Waals surface area contributed by atoms with Crippen LogP contribution in [0, 0.1) is 0 Å². The van der Waals surface area contributed by atoms with Gasteiger partial charge in [-0.05, 0) is 54.0 Å². The standard InChI is InChI=1S/C22H38N8O7/c1-10(17(23)32)27-20(35)13(4)29-21(36)14(5)28-19(34)12(3)26-16(31)9-25-18(33)11(2)30-22(37)15-7-6-8-24-15/h10-15,24H,6-9H2,1-5H3,(H2,23,32)(H,25,33)(H,26,31)(H,27,35)(H,28,34)(H,29,36)(H,30,37)/t10-,11-,12-,13-,14-,15-/m0/s1. The van der Waals surface area contributed by atoms with E-state index < -0.39 is 72.2 Å². The average Bonchev–Trinajstić information content (AvgIpc) is 3.37. The van der Waals surface area contributed by atoms with E-state index in [1.165, 1.54) is 34.6 Å². The molecular formula is C22H38N8O7. The number of hydrogen-bond donors (Lipinski definition) is 8. The fourth-order valence-corrected chi connectivity index (χ4v) is 3.18. The van der Waals surface area contributed by atoms with Crippen molar-refractivity contribution in [2.24, 2.45) is 5.73 Å². The highest BCUT2D eigenvalue weighted by Gasteiger charge is 2.27. The summed E-state index contributed by atoms with van der Waals surface area (Å²) in [6.07, 6.45) is 1.56. The van der Waals surface area contributed by atoms with Crippen molar-refractivity contribution < 1.29 is 33.6 Å². The van der Waals surface area contributed by atoms with Crippen LogP contribution in [0.5, 0.6) is 0 Å². The summed E-state index contributed by atoms with van der Waals surface area (Å²) in [5, 5.41) is 17.5. The molecule has 0 aromatic rings. The molecule has 9 N–H and O–H groups in total. The van der Waals surface area contributed by atoms with Crippen molar-refractivity contribution in [3.8, 4) is 0 Å². The molecule has 0 radical (unpaired) electrons. The summed E-state index contributed by atoms with van der Waals surface area (Å²) >= 11 is 0. The van der Waals surface area contributed by atoms with Crippen LogP contribution in [0.15, 0.2) is 0 Å². The molecule has 0 saturated carbocycles. The molecule has 0 aromatic heterocycles. The van der Waals surface area contributed by atoms with Crippen LogP contribution in [0.4, 0.5) is 0 Å². The van der Waals surface area contributed by atoms with Gasteiger partial charge in [0.15, 0.2) is 0 Å². The SMILES string of the molecule is C[C@H](NC(=O)[C@H](C)NC(=O)[C@H](C)NC(=O)[C@H](C)NC(=O)CNC(=O)[C@H](C)NC(=O)[C@@H]1CCCN1)C(N)=O. The van der Waals surface area contributed by atoms with Gasteiger partial charge in [-0.3, -0.25) is 33.6 Å². The lowest BCUT2D eigenvalue weighted by Gasteiger charge is -2.21. The second kappa shape index (κ2) is 14.7. The van der Waals surface area contributed by atoms with Crippen molar-refractivity contribution in [3.05, 3.63) is 0 Å². The highest BCUT2D eigenvalue weighted by Crippen LogP contribution is 2.04. The molecule has 7 amide bonds. The van der Waals surface area contributed by atoms with Crippen LogP contribution in [0.1, 0.15) is 47.5 Å². The maximum atomic E-state index is 12.3. The molecule has 208 valence electrons. The summed E-state index contributed by atoms with van der Waals surface area (Å²) < 4.78 is 0. The van der Waals surface area contributed by atoms with E-state index in [0.717, 1.165) is 13.0 Å². The Morgan fingerprint density at radius 3 is 1.62 bits per heavy atom. The third kappa shape index (κ3) is 10.8. The van der Waals surface area contributed by atoms with Gasteiger partial charge in [0.05, 0.1) is 12.6 Å². The zero-order valence-electron chi connectivity index (χ0n) is 21.7. The van der Waals surface area contributed by atoms with Crippen LogP contribution in [0.25, 0.3) is 0 Å². The first-order valence-corrected chi connectivity index (χ1v) is 12.0. The number of carbonyl (C=O) groups is 7. The van der Waals surface area contributed by atoms with E-state index in [-0.39, 0.29) is 11.9 Å². The molecule has 37 heavy (non-hydrogen) atoms. The third-order valence-corrected chi connectivity index (χ3v) is 5.61. The topological polar surface area (TPSA) is 230 Å². The fraction of sp³-hybridized carbons (Fsp3) is 0.682. The molecule has 0 bridgehead atoms. The van der Waals surface area contributed by atoms with E-state index in [0.29, 0.717) is 6.42 Å². The minimum atomic E-state index is -1.05. The van der Waals surface area contributed by atoms with Crippen LogP contribution < -0.4 is 43.0 Å². The van der Waals surface area contributed by atoms with Crippen molar-refractivity contribution in [3.63, 3.8) is 0 Å². The predicted octanol–water partition coefficient (Wildman–Crippen LogP) is -4.14. The largest absolute Gasteiger partial charge is 0.368 e. The van der Waals surface area contributed by atoms with E-state index in [9.17, 15) is 33.6 Å². The van der Waals surface area contributed by atoms with Crippen molar-refractivity contribution in [2.75, 3.05) is 13.1 Å². The molecule has 0 aromatic carbocycles. The van der Waals surface area contributed by atoms with E-state index in [2.05, 4.69) is 37.2 Å². The molecule has 0 spiro atoms. The Balaban J connectivity index is 2.40. The van der Waals surface area contributed by atoms with E-state index in [1.807, 2.05) is 0 Å². The molecule has 0 unspecified atom stereocenters. The van der Waals surface area contributed by atoms with Crippen LogP contribution >= 0.6 is 0 Å². The number of hydrogen-bond acceptors (Lipinski definition) is 8. The molecule has 1 rings (SSSR count). The van der Waals surface area contributed by atoms with Crippen LogP contribution in [0.2, 0.25) is 0 Å². The molecule has 1 saturated heterocycles. The lowest BCUT2D eigenvalue weighted by molar-refractivity contribution is -0.133. The van der Waals surface area contributed by atoms with Crippen molar-refractivity contribution >= 4 is 41.4 Å². The molecule has 1 aliphatic rings. The minimum absolute atomic E-state index is 0.289. The third-order valence-electron chi connectivity index (χ3n) is 5.61. The van der Waals surface area contributed by atoms with Crippen LogP contribution in [-0.2, 0) is 33.6 Å². The van der Waals surface area contributed by atoms with Gasteiger partial charge in [0.2, 0.25) is 41.4 Å². The van der Waals surface area contributed by atoms with Gasteiger partial charge < -0.3 is 43.0 Å². The maximum absolute atomic E-state index is 12.3. The normalized spacial score (nSPS) is 18.7. The smallest absolute Gasteiger partial charge is 0.242 e. The summed E-state index contributed by atoms with van der Waals surface area (Å²) in [5.74, 6) is -4.22. The summed E-state index contributed by atoms with van der Waals surface area (Å²) in [5.41, 5.74) is 5.08. The molecular weight excluding hydrogens is 488 g/mol. The first-order valence-electron chi connectivity index (χ1n) is 12.0. The van der Waals surface area contributed by atoms with Crippen molar-refractivity contribution in [1.82, 2.24) is 37.2 Å². The number of nitrogens with one attached hydrogen (secondary N) is 7. The summed E-state index contributed by atoms with van der Waals surface area (Å²) in [6.45, 7) is 7.36. The monoisotopic (exact) mass is 526 g/mol. The Morgan fingerprint density at radius 1 is 0.703 bits per heavy atom. The van der Waals surface area contributed by atoms with Crippen molar-refractivity contribution in [2.45, 2.75) is 83.7 Å². The Labute approximate surface area is 215 Å². The van der Waals surface area contributed by atoms with Gasteiger partial charge in [0, 0.05) is 0 Å². The van der Waals surface area contributed by atoms with Gasteiger partial charge in [0.25, 0.3) is 0 Å². The fourth-order valence-electron chi connectivity index (χ4n) is 3.18. The Bertz CT molecular complexity index is 890. The van der Waals surface area contributed by atoms with Gasteiger partial charge in [-0.25, -0.2) is 0 Å². The number of carbonyl (C=O) groups excluding carboxylic acids is 7. The van der Waals surface area contributed by atoms with Gasteiger partial charge in [0.1, 0.15) is 30.2 Å². The first-order chi connectivity index (χ1) is 17.2. The number of rotatable bonds is 13. The summed E-state index contributed by atoms with van der Waals surface area (Å²) in [4.78, 5) is 84.1. The first kappa shape index (κ1) is 31.3. The second-order valence-corrected chi connectivity index (χ2v) is 8.98. The lowest BCUT2D eigenvalue weighted by atomic mass is 10.2. The lowest BCUT2D eigenvalue weighted by Crippen LogP contribution is -2.56. The second-order valence-electron chi connectivity index (χ2n) is 8.98. The molecule has 0 aliphatic carbocycles. The number of primary amides is 1. The van der Waals surface area contributed by atoms with E-state index >= 15 is 0 Å². The molecule has 1 aliphatic heterocycles. The maximum Gasteiger partial charge on any atom is 0.242 e. The summed E-state index contributed by atoms with van der Waals surface area (Å²) in [7, 11) is 0. The highest BCUT2D eigenvalue weighted by atomic mass is 16.2. The molecule has 15 heteroatoms. The minimum Gasteiger partial charge on any atom is -0.368 e. The Hall–Kier alpha value is -3.75. The predicted molar refractivity (Wildman–Crippen MR) is 131 cm³/mol. The van der Waals surface area contributed by atoms with E-state index in [1.54, 1.807) is 0 Å². The number of nitrogens with two attached hydrogens (primary N) is 1. The molecule has 1 heterocycles. The van der Waals surface area contributed by atoms with Gasteiger partial charge in [-0.1, -0.05) is 0 Å². The molecule has 6 atom stereocenters. The Morgan fingerprint density at radius 2 is 1.16 bits per heavy atom. The highest BCUT2D eigenvalue weighted by molar-refractivity contribution is 5.95. The Kier molecular flexibility index (Phi) is 12.4. The quantitative estimate of drug-likeness (QED) is 0.117. The number of amides is 7. The zero-order valence-corrected chi connectivity index (χ0v) is 21.7. The average molecular weight is 527 g/mol. The van der Waals surface area contributed by atoms with Gasteiger partial charge >= 0.3 is 0 Å². The van der Waals surface area contributed by atoms with Gasteiger partial charge in [-0.15, -0.1) is 0 Å². The van der Waals surface area contributed by atoms with Crippen LogP contribution in [-0.4, -0.2) is 90.7 Å².